The van der Waals surface area contributed by atoms with Gasteiger partial charge in [0.25, 0.3) is 0 Å². The molecule has 60 valence electrons. The Balaban J connectivity index is 0.000000162. The monoisotopic (exact) mass is 203 g/mol. The lowest BCUT2D eigenvalue weighted by Crippen LogP contribution is -2.68. The van der Waals surface area contributed by atoms with Crippen LogP contribution in [0, 0.1) is 10.2 Å². The maximum atomic E-state index is 8.49. The Morgan fingerprint density at radius 1 is 1.20 bits per heavy atom. The van der Waals surface area contributed by atoms with Crippen molar-refractivity contribution in [3.63, 3.8) is 0 Å². The molecule has 0 aromatic carbocycles. The molecule has 0 saturated heterocycles. The molecule has 0 bridgehead atoms. The summed E-state index contributed by atoms with van der Waals surface area (Å²) in [4.78, 5) is 0. The first kappa shape index (κ1) is 10.6. The third-order valence-electron chi connectivity index (χ3n) is 0.384. The van der Waals surface area contributed by atoms with Gasteiger partial charge in [-0.1, -0.05) is 27.7 Å². The Morgan fingerprint density at radius 2 is 1.70 bits per heavy atom. The van der Waals surface area contributed by atoms with Crippen LogP contribution >= 0.6 is 21.6 Å². The Morgan fingerprint density at radius 3 is 1.80 bits per heavy atom. The zero-order chi connectivity index (χ0) is 8.04. The van der Waals surface area contributed by atoms with Gasteiger partial charge >= 0.3 is 0 Å². The molecule has 0 fully saturated rings. The summed E-state index contributed by atoms with van der Waals surface area (Å²) in [5.74, 6) is 1.20. The number of hydrogen-bond donors (Lipinski definition) is 0. The van der Waals surface area contributed by atoms with E-state index >= 15 is 0 Å². The van der Waals surface area contributed by atoms with Crippen molar-refractivity contribution in [3.05, 3.63) is 11.5 Å². The third-order valence-corrected chi connectivity index (χ3v) is 2.30. The van der Waals surface area contributed by atoms with E-state index in [4.69, 9.17) is 18.6 Å². The highest BCUT2D eigenvalue weighted by molar-refractivity contribution is 8.78. The van der Waals surface area contributed by atoms with E-state index in [0.29, 0.717) is 0 Å². The predicted octanol–water partition coefficient (Wildman–Crippen LogP) is -2.86. The maximum Gasteiger partial charge on any atom is 0.0229 e. The van der Waals surface area contributed by atoms with E-state index in [0.717, 1.165) is 0 Å². The molecule has 4 nitrogen and oxygen atoms in total. The standard InChI is InChI=1S/C3H4S2.ClHO4/c1-2-4-5-3-1;2-1(3,4)5/h1-2H,3H2;(H,2,3,4,5)/p-1. The number of rotatable bonds is 0. The number of hydrogen-bond acceptors (Lipinski definition) is 6. The Labute approximate surface area is 68.1 Å². The lowest BCUT2D eigenvalue weighted by molar-refractivity contribution is -2.00. The second kappa shape index (κ2) is 5.25. The highest BCUT2D eigenvalue weighted by atomic mass is 35.7. The predicted molar refractivity (Wildman–Crippen MR) is 29.2 cm³/mol. The van der Waals surface area contributed by atoms with Gasteiger partial charge in [0.15, 0.2) is 0 Å². The van der Waals surface area contributed by atoms with Crippen molar-refractivity contribution in [1.82, 2.24) is 0 Å². The molecule has 0 amide bonds. The van der Waals surface area contributed by atoms with Crippen LogP contribution in [0.25, 0.3) is 0 Å². The summed E-state index contributed by atoms with van der Waals surface area (Å²) in [6, 6.07) is 0. The zero-order valence-corrected chi connectivity index (χ0v) is 7.08. The fraction of sp³-hybridized carbons (Fsp3) is 0.333. The number of halogens is 1. The summed E-state index contributed by atoms with van der Waals surface area (Å²) in [5, 5.41) is 2.12. The SMILES string of the molecule is C1=CSSC1.[O-][Cl+3]([O-])([O-])[O-]. The highest BCUT2D eigenvalue weighted by Gasteiger charge is 1.86. The van der Waals surface area contributed by atoms with Crippen LogP contribution in [0.5, 0.6) is 0 Å². The van der Waals surface area contributed by atoms with Crippen LogP contribution in [-0.2, 0) is 0 Å². The summed E-state index contributed by atoms with van der Waals surface area (Å²) in [6.07, 6.45) is 2.16. The van der Waals surface area contributed by atoms with Crippen LogP contribution in [0.2, 0.25) is 0 Å². The van der Waals surface area contributed by atoms with E-state index in [-0.39, 0.29) is 0 Å². The topological polar surface area (TPSA) is 92.2 Å². The van der Waals surface area contributed by atoms with Gasteiger partial charge in [0.1, 0.15) is 0 Å². The minimum Gasteiger partial charge on any atom is -0.222 e. The van der Waals surface area contributed by atoms with Crippen LogP contribution in [0.4, 0.5) is 0 Å². The molecule has 0 unspecified atom stereocenters. The zero-order valence-electron chi connectivity index (χ0n) is 4.69. The molecular weight excluding hydrogens is 200 g/mol. The van der Waals surface area contributed by atoms with E-state index in [1.165, 1.54) is 5.75 Å². The Kier molecular flexibility index (Phi) is 5.55. The maximum absolute atomic E-state index is 8.49. The quantitative estimate of drug-likeness (QED) is 0.393. The Bertz CT molecular complexity index is 99.6. The van der Waals surface area contributed by atoms with Gasteiger partial charge in [-0.3, -0.25) is 0 Å². The summed E-state index contributed by atoms with van der Waals surface area (Å²) < 4.78 is 34.0. The lowest BCUT2D eigenvalue weighted by Gasteiger charge is -2.17. The second-order valence-electron chi connectivity index (χ2n) is 1.13. The van der Waals surface area contributed by atoms with E-state index in [9.17, 15) is 0 Å². The molecule has 0 aromatic heterocycles. The average molecular weight is 204 g/mol. The van der Waals surface area contributed by atoms with E-state index in [1.54, 1.807) is 0 Å². The van der Waals surface area contributed by atoms with Crippen molar-refractivity contribution >= 4 is 21.6 Å². The van der Waals surface area contributed by atoms with Crippen molar-refractivity contribution < 1.29 is 28.9 Å². The van der Waals surface area contributed by atoms with E-state index < -0.39 is 10.2 Å². The van der Waals surface area contributed by atoms with E-state index in [2.05, 4.69) is 11.5 Å². The summed E-state index contributed by atoms with van der Waals surface area (Å²) >= 11 is 0. The molecule has 0 aromatic rings. The molecular formula is C3H4ClO4S2-. The van der Waals surface area contributed by atoms with Gasteiger partial charge in [-0.15, -0.1) is 10.2 Å². The largest absolute Gasteiger partial charge is 0.222 e. The molecule has 1 heterocycles. The first-order valence-corrected chi connectivity index (χ1v) is 5.67. The van der Waals surface area contributed by atoms with Crippen LogP contribution < -0.4 is 18.6 Å². The molecule has 0 spiro atoms. The van der Waals surface area contributed by atoms with E-state index in [1.807, 2.05) is 21.6 Å². The molecule has 1 aliphatic rings. The fourth-order valence-electron chi connectivity index (χ4n) is 0.196. The van der Waals surface area contributed by atoms with Crippen molar-refractivity contribution in [2.24, 2.45) is 0 Å². The van der Waals surface area contributed by atoms with Crippen molar-refractivity contribution in [3.8, 4) is 0 Å². The van der Waals surface area contributed by atoms with Crippen molar-refractivity contribution in [1.29, 1.82) is 0 Å². The summed E-state index contributed by atoms with van der Waals surface area (Å²) in [5.41, 5.74) is 0. The first-order valence-electron chi connectivity index (χ1n) is 2.05. The summed E-state index contributed by atoms with van der Waals surface area (Å²) in [7, 11) is -1.25. The normalized spacial score (nSPS) is 16.4. The Hall–Kier alpha value is 0.570. The van der Waals surface area contributed by atoms with Gasteiger partial charge in [0.05, 0.1) is 0 Å². The van der Waals surface area contributed by atoms with Gasteiger partial charge < -0.3 is 0 Å². The molecule has 0 saturated carbocycles. The minimum absolute atomic E-state index is 1.20. The smallest absolute Gasteiger partial charge is 0.0229 e. The first-order chi connectivity index (χ1) is 4.50. The molecule has 0 N–H and O–H groups in total. The van der Waals surface area contributed by atoms with Crippen molar-refractivity contribution in [2.75, 3.05) is 5.75 Å². The molecule has 0 aliphatic carbocycles. The van der Waals surface area contributed by atoms with Crippen LogP contribution in [0.15, 0.2) is 11.5 Å². The summed E-state index contributed by atoms with van der Waals surface area (Å²) in [6.45, 7) is 0. The average Bonchev–Trinajstić information content (AvgIpc) is 2.07. The van der Waals surface area contributed by atoms with Crippen molar-refractivity contribution in [2.45, 2.75) is 0 Å². The van der Waals surface area contributed by atoms with Gasteiger partial charge in [0.2, 0.25) is 0 Å². The van der Waals surface area contributed by atoms with Crippen LogP contribution in [-0.4, -0.2) is 5.75 Å². The molecule has 0 radical (unpaired) electrons. The molecule has 10 heavy (non-hydrogen) atoms. The lowest BCUT2D eigenvalue weighted by atomic mass is 10.8. The van der Waals surface area contributed by atoms with Crippen LogP contribution in [0.1, 0.15) is 0 Å². The van der Waals surface area contributed by atoms with Crippen LogP contribution in [0.3, 0.4) is 0 Å². The molecule has 7 heteroatoms. The van der Waals surface area contributed by atoms with Gasteiger partial charge in [-0.2, -0.15) is 0 Å². The van der Waals surface area contributed by atoms with Gasteiger partial charge in [0, 0.05) is 5.75 Å². The fourth-order valence-corrected chi connectivity index (χ4v) is 1.77. The second-order valence-corrected chi connectivity index (χ2v) is 4.20. The third kappa shape index (κ3) is 15.8. The molecule has 1 aliphatic heterocycles. The molecule has 0 atom stereocenters. The molecule has 1 rings (SSSR count). The minimum atomic E-state index is -4.94. The highest BCUT2D eigenvalue weighted by Crippen LogP contribution is 2.27. The van der Waals surface area contributed by atoms with Gasteiger partial charge in [-0.25, -0.2) is 18.6 Å². The van der Waals surface area contributed by atoms with Gasteiger partial charge in [-0.05, 0) is 5.41 Å².